The van der Waals surface area contributed by atoms with Crippen molar-refractivity contribution in [2.75, 3.05) is 0 Å². The minimum absolute atomic E-state index is 0.0626. The number of sulfonamides is 1. The maximum atomic E-state index is 12.0. The van der Waals surface area contributed by atoms with Gasteiger partial charge in [0.15, 0.2) is 0 Å². The highest BCUT2D eigenvalue weighted by Gasteiger charge is 2.15. The standard InChI is InChI=1S/C14H24N2O3S2/c1-3-5-7-11(6-4-2)16-13(17)10-12-8-9-14(20-12)21(15,18)19/h8-9,11H,3-7,10H2,1-2H3,(H,16,17)(H2,15,18,19). The number of thiophene rings is 1. The first-order valence-corrected chi connectivity index (χ1v) is 9.64. The van der Waals surface area contributed by atoms with Gasteiger partial charge in [-0.1, -0.05) is 33.1 Å². The largest absolute Gasteiger partial charge is 0.353 e. The number of carbonyl (C=O) groups is 1. The third-order valence-electron chi connectivity index (χ3n) is 3.16. The molecule has 1 heterocycles. The number of hydrogen-bond donors (Lipinski definition) is 2. The molecular weight excluding hydrogens is 308 g/mol. The van der Waals surface area contributed by atoms with Gasteiger partial charge >= 0.3 is 0 Å². The molecular formula is C14H24N2O3S2. The molecule has 0 aromatic carbocycles. The molecule has 1 atom stereocenters. The van der Waals surface area contributed by atoms with Crippen LogP contribution in [0.3, 0.4) is 0 Å². The lowest BCUT2D eigenvalue weighted by atomic mass is 10.0. The molecule has 1 amide bonds. The van der Waals surface area contributed by atoms with Crippen LogP contribution in [0.1, 0.15) is 50.8 Å². The summed E-state index contributed by atoms with van der Waals surface area (Å²) in [5.74, 6) is -0.0626. The van der Waals surface area contributed by atoms with E-state index in [1.165, 1.54) is 6.07 Å². The van der Waals surface area contributed by atoms with Gasteiger partial charge in [-0.05, 0) is 25.0 Å². The van der Waals surface area contributed by atoms with Crippen molar-refractivity contribution in [2.45, 2.75) is 62.6 Å². The van der Waals surface area contributed by atoms with E-state index in [0.717, 1.165) is 43.4 Å². The molecule has 0 bridgehead atoms. The average Bonchev–Trinajstić information content (AvgIpc) is 2.84. The predicted molar refractivity (Wildman–Crippen MR) is 85.8 cm³/mol. The summed E-state index contributed by atoms with van der Waals surface area (Å²) in [5.41, 5.74) is 0. The summed E-state index contributed by atoms with van der Waals surface area (Å²) in [7, 11) is -3.67. The number of rotatable bonds is 9. The van der Waals surface area contributed by atoms with Gasteiger partial charge in [-0.15, -0.1) is 11.3 Å². The first-order valence-electron chi connectivity index (χ1n) is 7.27. The Bertz CT molecular complexity index is 552. The number of amides is 1. The quantitative estimate of drug-likeness (QED) is 0.727. The van der Waals surface area contributed by atoms with Gasteiger partial charge in [0, 0.05) is 10.9 Å². The molecule has 120 valence electrons. The number of primary sulfonamides is 1. The highest BCUT2D eigenvalue weighted by atomic mass is 32.2. The zero-order chi connectivity index (χ0) is 15.9. The molecule has 1 unspecified atom stereocenters. The van der Waals surface area contributed by atoms with Gasteiger partial charge in [-0.2, -0.15) is 0 Å². The number of unbranched alkanes of at least 4 members (excludes halogenated alkanes) is 1. The van der Waals surface area contributed by atoms with Crippen LogP contribution >= 0.6 is 11.3 Å². The van der Waals surface area contributed by atoms with Gasteiger partial charge < -0.3 is 5.32 Å². The number of nitrogens with two attached hydrogens (primary N) is 1. The summed E-state index contributed by atoms with van der Waals surface area (Å²) in [5, 5.41) is 8.09. The smallest absolute Gasteiger partial charge is 0.247 e. The highest BCUT2D eigenvalue weighted by molar-refractivity contribution is 7.91. The second-order valence-corrected chi connectivity index (χ2v) is 8.09. The van der Waals surface area contributed by atoms with E-state index in [0.29, 0.717) is 4.88 Å². The molecule has 0 aliphatic heterocycles. The van der Waals surface area contributed by atoms with Crippen LogP contribution in [0.15, 0.2) is 16.3 Å². The van der Waals surface area contributed by atoms with Gasteiger partial charge in [0.2, 0.25) is 15.9 Å². The van der Waals surface area contributed by atoms with Crippen molar-refractivity contribution in [1.82, 2.24) is 5.32 Å². The van der Waals surface area contributed by atoms with Crippen LogP contribution in [0.4, 0.5) is 0 Å². The molecule has 1 aromatic rings. The van der Waals surface area contributed by atoms with E-state index in [1.807, 2.05) is 0 Å². The lowest BCUT2D eigenvalue weighted by Crippen LogP contribution is -2.35. The topological polar surface area (TPSA) is 89.3 Å². The van der Waals surface area contributed by atoms with E-state index in [-0.39, 0.29) is 22.6 Å². The van der Waals surface area contributed by atoms with Crippen LogP contribution < -0.4 is 10.5 Å². The summed E-state index contributed by atoms with van der Waals surface area (Å²) >= 11 is 1.05. The SMILES string of the molecule is CCCCC(CCC)NC(=O)Cc1ccc(S(N)(=O)=O)s1. The van der Waals surface area contributed by atoms with E-state index in [9.17, 15) is 13.2 Å². The normalized spacial score (nSPS) is 13.1. The zero-order valence-electron chi connectivity index (χ0n) is 12.6. The fourth-order valence-corrected chi connectivity index (χ4v) is 3.91. The number of carbonyl (C=O) groups excluding carboxylic acids is 1. The monoisotopic (exact) mass is 332 g/mol. The third kappa shape index (κ3) is 6.58. The average molecular weight is 332 g/mol. The Hall–Kier alpha value is -0.920. The van der Waals surface area contributed by atoms with Crippen molar-refractivity contribution in [3.8, 4) is 0 Å². The molecule has 0 radical (unpaired) electrons. The lowest BCUT2D eigenvalue weighted by molar-refractivity contribution is -0.121. The Balaban J connectivity index is 2.57. The molecule has 0 aliphatic carbocycles. The zero-order valence-corrected chi connectivity index (χ0v) is 14.2. The van der Waals surface area contributed by atoms with Crippen LogP contribution in [0.2, 0.25) is 0 Å². The van der Waals surface area contributed by atoms with Crippen molar-refractivity contribution >= 4 is 27.3 Å². The summed E-state index contributed by atoms with van der Waals surface area (Å²) in [6.07, 6.45) is 5.40. The first-order chi connectivity index (χ1) is 9.86. The Kier molecular flexibility index (Phi) is 7.34. The molecule has 0 fully saturated rings. The third-order valence-corrected chi connectivity index (χ3v) is 5.68. The molecule has 1 rings (SSSR count). The van der Waals surface area contributed by atoms with Crippen LogP contribution in [0.25, 0.3) is 0 Å². The van der Waals surface area contributed by atoms with Gasteiger partial charge in [-0.3, -0.25) is 4.79 Å². The second kappa shape index (κ2) is 8.51. The van der Waals surface area contributed by atoms with Crippen LogP contribution in [0, 0.1) is 0 Å². The van der Waals surface area contributed by atoms with Gasteiger partial charge in [0.1, 0.15) is 4.21 Å². The summed E-state index contributed by atoms with van der Waals surface area (Å²) in [4.78, 5) is 12.7. The Morgan fingerprint density at radius 1 is 1.29 bits per heavy atom. The summed E-state index contributed by atoms with van der Waals surface area (Å²) in [6.45, 7) is 4.23. The van der Waals surface area contributed by atoms with Crippen LogP contribution in [-0.4, -0.2) is 20.4 Å². The maximum absolute atomic E-state index is 12.0. The molecule has 5 nitrogen and oxygen atoms in total. The number of nitrogens with one attached hydrogen (secondary N) is 1. The molecule has 0 aliphatic rings. The molecule has 0 saturated carbocycles. The van der Waals surface area contributed by atoms with Crippen LogP contribution in [0.5, 0.6) is 0 Å². The van der Waals surface area contributed by atoms with Crippen molar-refractivity contribution in [3.05, 3.63) is 17.0 Å². The van der Waals surface area contributed by atoms with Gasteiger partial charge in [0.05, 0.1) is 6.42 Å². The fraction of sp³-hybridized carbons (Fsp3) is 0.643. The van der Waals surface area contributed by atoms with Crippen molar-refractivity contribution in [3.63, 3.8) is 0 Å². The molecule has 21 heavy (non-hydrogen) atoms. The van der Waals surface area contributed by atoms with E-state index in [2.05, 4.69) is 19.2 Å². The van der Waals surface area contributed by atoms with E-state index in [4.69, 9.17) is 5.14 Å². The van der Waals surface area contributed by atoms with Crippen molar-refractivity contribution in [1.29, 1.82) is 0 Å². The van der Waals surface area contributed by atoms with Crippen LogP contribution in [-0.2, 0) is 21.2 Å². The first kappa shape index (κ1) is 18.1. The molecule has 7 heteroatoms. The van der Waals surface area contributed by atoms with E-state index < -0.39 is 10.0 Å². The minimum atomic E-state index is -3.67. The molecule has 0 saturated heterocycles. The fourth-order valence-electron chi connectivity index (χ4n) is 2.13. The Labute approximate surface area is 131 Å². The molecule has 0 spiro atoms. The van der Waals surface area contributed by atoms with Crippen molar-refractivity contribution < 1.29 is 13.2 Å². The minimum Gasteiger partial charge on any atom is -0.353 e. The lowest BCUT2D eigenvalue weighted by Gasteiger charge is -2.17. The number of hydrogen-bond acceptors (Lipinski definition) is 4. The predicted octanol–water partition coefficient (Wildman–Crippen LogP) is 2.41. The van der Waals surface area contributed by atoms with E-state index >= 15 is 0 Å². The summed E-state index contributed by atoms with van der Waals surface area (Å²) < 4.78 is 22.5. The maximum Gasteiger partial charge on any atom is 0.247 e. The highest BCUT2D eigenvalue weighted by Crippen LogP contribution is 2.20. The summed E-state index contributed by atoms with van der Waals surface area (Å²) in [6, 6.07) is 3.30. The molecule has 1 aromatic heterocycles. The second-order valence-electron chi connectivity index (χ2n) is 5.14. The van der Waals surface area contributed by atoms with Crippen molar-refractivity contribution in [2.24, 2.45) is 5.14 Å². The van der Waals surface area contributed by atoms with Gasteiger partial charge in [0.25, 0.3) is 0 Å². The molecule has 3 N–H and O–H groups in total. The Morgan fingerprint density at radius 3 is 2.52 bits per heavy atom. The van der Waals surface area contributed by atoms with Gasteiger partial charge in [-0.25, -0.2) is 13.6 Å². The van der Waals surface area contributed by atoms with E-state index in [1.54, 1.807) is 6.07 Å². The Morgan fingerprint density at radius 2 is 2.00 bits per heavy atom.